The van der Waals surface area contributed by atoms with Gasteiger partial charge in [-0.25, -0.2) is 4.79 Å². The van der Waals surface area contributed by atoms with E-state index in [1.54, 1.807) is 19.1 Å². The zero-order valence-corrected chi connectivity index (χ0v) is 35.7. The van der Waals surface area contributed by atoms with Crippen LogP contribution in [0, 0.1) is 5.92 Å². The highest BCUT2D eigenvalue weighted by Crippen LogP contribution is 2.43. The highest BCUT2D eigenvalue weighted by atomic mass is 28.4. The van der Waals surface area contributed by atoms with Crippen molar-refractivity contribution in [3.63, 3.8) is 0 Å². The van der Waals surface area contributed by atoms with Crippen molar-refractivity contribution in [3.05, 3.63) is 59.2 Å². The molecule has 0 radical (unpaired) electrons. The van der Waals surface area contributed by atoms with Gasteiger partial charge in [0, 0.05) is 52.2 Å². The first-order chi connectivity index (χ1) is 24.3. The van der Waals surface area contributed by atoms with Gasteiger partial charge in [-0.2, -0.15) is 0 Å². The molecule has 2 aromatic rings. The van der Waals surface area contributed by atoms with Crippen LogP contribution in [0.4, 0.5) is 10.5 Å². The summed E-state index contributed by atoms with van der Waals surface area (Å²) >= 11 is 0. The lowest BCUT2D eigenvalue weighted by molar-refractivity contribution is -0.155. The van der Waals surface area contributed by atoms with Gasteiger partial charge in [-0.3, -0.25) is 4.79 Å². The van der Waals surface area contributed by atoms with E-state index in [4.69, 9.17) is 18.9 Å². The average Bonchev–Trinajstić information content (AvgIpc) is 3.87. The van der Waals surface area contributed by atoms with Gasteiger partial charge in [0.15, 0.2) is 0 Å². The fourth-order valence-corrected chi connectivity index (χ4v) is 17.5. The number of carbonyl (C=O) groups excluding carboxylic acids is 2. The Morgan fingerprint density at radius 1 is 0.923 bits per heavy atom. The molecule has 1 N–H and O–H groups in total. The Hall–Kier alpha value is -2.91. The number of methoxy groups -OCH3 is 2. The molecule has 10 nitrogen and oxygen atoms in total. The van der Waals surface area contributed by atoms with Crippen LogP contribution in [-0.2, 0) is 37.6 Å². The standard InChI is InChI=1S/C40H65N3O7Si2/c1-39(2,3)50-38(45)41-20-19-40(46,32-15-12-16-34(27-32)43(51(6,7)8)52(9,10)11)36(29-41)37(44)42(33-17-18-33)28-31-24-30(14-13-21-47-4)25-35(26-31)49-23-22-48-5/h12,15-16,24-27,33,36,46H,13-14,17-23,28-29H2,1-11H3/t36-,40+/m1/s1. The molecular weight excluding hydrogens is 691 g/mol. The van der Waals surface area contributed by atoms with Gasteiger partial charge in [0.2, 0.25) is 5.91 Å². The molecule has 1 aliphatic carbocycles. The van der Waals surface area contributed by atoms with Gasteiger partial charge in [0.05, 0.1) is 12.5 Å². The molecule has 0 spiro atoms. The van der Waals surface area contributed by atoms with Crippen LogP contribution < -0.4 is 8.97 Å². The number of nitrogens with zero attached hydrogens (tertiary/aromatic N) is 3. The minimum Gasteiger partial charge on any atom is -0.491 e. The van der Waals surface area contributed by atoms with E-state index in [9.17, 15) is 9.90 Å². The monoisotopic (exact) mass is 755 g/mol. The number of likely N-dealkylation sites (tertiary alicyclic amines) is 1. The first-order valence-corrected chi connectivity index (χ1v) is 25.8. The van der Waals surface area contributed by atoms with Crippen molar-refractivity contribution in [3.8, 4) is 5.75 Å². The van der Waals surface area contributed by atoms with Gasteiger partial charge in [-0.05, 0) is 93.8 Å². The maximum atomic E-state index is 15.1. The summed E-state index contributed by atoms with van der Waals surface area (Å²) in [5.74, 6) is -0.303. The van der Waals surface area contributed by atoms with Crippen LogP contribution in [0.5, 0.6) is 5.75 Å². The maximum Gasteiger partial charge on any atom is 0.410 e. The molecule has 290 valence electrons. The molecule has 1 saturated heterocycles. The smallest absolute Gasteiger partial charge is 0.410 e. The summed E-state index contributed by atoms with van der Waals surface area (Å²) in [6.07, 6.45) is 3.23. The first-order valence-electron chi connectivity index (χ1n) is 18.9. The molecule has 4 rings (SSSR count). The number of aliphatic hydroxyl groups is 1. The largest absolute Gasteiger partial charge is 0.491 e. The van der Waals surface area contributed by atoms with Gasteiger partial charge in [-0.1, -0.05) is 57.5 Å². The van der Waals surface area contributed by atoms with Crippen LogP contribution >= 0.6 is 0 Å². The van der Waals surface area contributed by atoms with Gasteiger partial charge in [0.25, 0.3) is 0 Å². The van der Waals surface area contributed by atoms with E-state index in [0.717, 1.165) is 53.8 Å². The molecule has 0 bridgehead atoms. The number of benzene rings is 2. The van der Waals surface area contributed by atoms with Crippen molar-refractivity contribution < 1.29 is 33.6 Å². The number of hydrogen-bond donors (Lipinski definition) is 1. The van der Waals surface area contributed by atoms with Crippen molar-refractivity contribution in [2.75, 3.05) is 51.4 Å². The summed E-state index contributed by atoms with van der Waals surface area (Å²) in [6.45, 7) is 21.9. The molecule has 1 heterocycles. The van der Waals surface area contributed by atoms with Crippen molar-refractivity contribution in [2.24, 2.45) is 5.92 Å². The second kappa shape index (κ2) is 17.1. The van der Waals surface area contributed by atoms with Gasteiger partial charge >= 0.3 is 6.09 Å². The van der Waals surface area contributed by atoms with E-state index in [0.29, 0.717) is 26.4 Å². The third-order valence-corrected chi connectivity index (χ3v) is 16.9. The fourth-order valence-electron chi connectivity index (χ4n) is 7.64. The normalized spacial score (nSPS) is 19.7. The van der Waals surface area contributed by atoms with E-state index in [2.05, 4.69) is 61.7 Å². The molecule has 1 saturated carbocycles. The van der Waals surface area contributed by atoms with Gasteiger partial charge in [-0.15, -0.1) is 0 Å². The SMILES string of the molecule is COCCCc1cc(CN(C(=O)[C@H]2CN(C(=O)OC(C)(C)C)CC[C@]2(O)c2cccc(N([Si](C)(C)C)[Si](C)(C)C)c2)C2CC2)cc(OCCOC)c1. The second-order valence-electron chi connectivity index (χ2n) is 17.5. The molecule has 2 amide bonds. The summed E-state index contributed by atoms with van der Waals surface area (Å²) in [6, 6.07) is 14.5. The number of rotatable bonds is 16. The number of ether oxygens (including phenoxy) is 4. The van der Waals surface area contributed by atoms with Crippen LogP contribution in [0.1, 0.15) is 63.1 Å². The van der Waals surface area contributed by atoms with Crippen molar-refractivity contribution in [2.45, 2.75) is 116 Å². The number of piperidine rings is 1. The summed E-state index contributed by atoms with van der Waals surface area (Å²) in [5, 5.41) is 12.9. The van der Waals surface area contributed by atoms with Crippen LogP contribution in [-0.4, -0.2) is 102 Å². The molecule has 0 aromatic heterocycles. The van der Waals surface area contributed by atoms with Crippen LogP contribution in [0.25, 0.3) is 0 Å². The molecule has 0 unspecified atom stereocenters. The third-order valence-electron chi connectivity index (χ3n) is 9.66. The molecule has 1 aliphatic heterocycles. The molecule has 12 heteroatoms. The van der Waals surface area contributed by atoms with Gasteiger partial charge in [0.1, 0.15) is 40.0 Å². The average molecular weight is 756 g/mol. The van der Waals surface area contributed by atoms with E-state index in [1.807, 2.05) is 49.9 Å². The third kappa shape index (κ3) is 11.1. The topological polar surface area (TPSA) is 101 Å². The predicted molar refractivity (Wildman–Crippen MR) is 213 cm³/mol. The maximum absolute atomic E-state index is 15.1. The number of carbonyl (C=O) groups is 2. The highest BCUT2D eigenvalue weighted by Gasteiger charge is 2.51. The van der Waals surface area contributed by atoms with E-state index >= 15 is 4.79 Å². The van der Waals surface area contributed by atoms with Gasteiger partial charge < -0.3 is 38.1 Å². The quantitative estimate of drug-likeness (QED) is 0.140. The number of anilines is 1. The first kappa shape index (κ1) is 41.8. The Morgan fingerprint density at radius 2 is 1.58 bits per heavy atom. The zero-order chi connectivity index (χ0) is 38.5. The molecular formula is C40H65N3O7Si2. The molecule has 2 fully saturated rings. The van der Waals surface area contributed by atoms with E-state index in [-0.39, 0.29) is 31.5 Å². The Labute approximate surface area is 314 Å². The fraction of sp³-hybridized carbons (Fsp3) is 0.650. The molecule has 52 heavy (non-hydrogen) atoms. The second-order valence-corrected chi connectivity index (χ2v) is 27.5. The summed E-state index contributed by atoms with van der Waals surface area (Å²) in [5.41, 5.74) is 1.72. The van der Waals surface area contributed by atoms with Crippen LogP contribution in [0.3, 0.4) is 0 Å². The van der Waals surface area contributed by atoms with Crippen molar-refractivity contribution >= 4 is 34.2 Å². The Morgan fingerprint density at radius 3 is 2.17 bits per heavy atom. The Kier molecular flexibility index (Phi) is 13.7. The Bertz CT molecular complexity index is 1470. The molecule has 2 atom stereocenters. The van der Waals surface area contributed by atoms with Crippen molar-refractivity contribution in [1.29, 1.82) is 0 Å². The minimum atomic E-state index is -1.80. The zero-order valence-electron chi connectivity index (χ0n) is 33.7. The lowest BCUT2D eigenvalue weighted by atomic mass is 9.75. The van der Waals surface area contributed by atoms with Crippen LogP contribution in [0.15, 0.2) is 42.5 Å². The highest BCUT2D eigenvalue weighted by molar-refractivity contribution is 6.99. The molecule has 2 aliphatic rings. The lowest BCUT2D eigenvalue weighted by Gasteiger charge is -2.48. The summed E-state index contributed by atoms with van der Waals surface area (Å²) in [4.78, 5) is 32.1. The van der Waals surface area contributed by atoms with E-state index < -0.39 is 39.7 Å². The number of hydrogen-bond acceptors (Lipinski definition) is 8. The number of amides is 2. The predicted octanol–water partition coefficient (Wildman–Crippen LogP) is 7.40. The van der Waals surface area contributed by atoms with Crippen molar-refractivity contribution in [1.82, 2.24) is 9.80 Å². The Balaban J connectivity index is 1.75. The summed E-state index contributed by atoms with van der Waals surface area (Å²) < 4.78 is 25.0. The van der Waals surface area contributed by atoms with Crippen LogP contribution in [0.2, 0.25) is 39.3 Å². The number of aryl methyl sites for hydroxylation is 1. The molecule has 2 aromatic carbocycles. The summed E-state index contributed by atoms with van der Waals surface area (Å²) in [7, 11) is -0.250. The van der Waals surface area contributed by atoms with E-state index in [1.165, 1.54) is 0 Å². The minimum absolute atomic E-state index is 0.0595. The lowest BCUT2D eigenvalue weighted by Crippen LogP contribution is -2.60.